The van der Waals surface area contributed by atoms with Crippen molar-refractivity contribution in [3.8, 4) is 0 Å². The van der Waals surface area contributed by atoms with E-state index in [-0.39, 0.29) is 0 Å². The van der Waals surface area contributed by atoms with E-state index in [0.29, 0.717) is 18.6 Å². The zero-order valence-corrected chi connectivity index (χ0v) is 6.55. The topological polar surface area (TPSA) is 17.1 Å². The third kappa shape index (κ3) is 1.07. The lowest BCUT2D eigenvalue weighted by Gasteiger charge is -1.97. The van der Waals surface area contributed by atoms with Gasteiger partial charge in [0.1, 0.15) is 5.78 Å². The van der Waals surface area contributed by atoms with Crippen molar-refractivity contribution in [1.82, 2.24) is 0 Å². The van der Waals surface area contributed by atoms with Crippen LogP contribution in [0, 0.1) is 6.92 Å². The molecule has 0 saturated heterocycles. The fourth-order valence-electron chi connectivity index (χ4n) is 1.58. The first-order chi connectivity index (χ1) is 5.25. The van der Waals surface area contributed by atoms with Gasteiger partial charge in [0.05, 0.1) is 0 Å². The van der Waals surface area contributed by atoms with Crippen LogP contribution in [-0.4, -0.2) is 5.78 Å². The lowest BCUT2D eigenvalue weighted by Crippen LogP contribution is -1.92. The first-order valence-corrected chi connectivity index (χ1v) is 3.86. The van der Waals surface area contributed by atoms with E-state index in [0.717, 1.165) is 0 Å². The van der Waals surface area contributed by atoms with Gasteiger partial charge >= 0.3 is 0 Å². The molecule has 0 atom stereocenters. The van der Waals surface area contributed by atoms with Crippen LogP contribution < -0.4 is 0 Å². The Kier molecular flexibility index (Phi) is 1.31. The van der Waals surface area contributed by atoms with Gasteiger partial charge < -0.3 is 0 Å². The van der Waals surface area contributed by atoms with Crippen molar-refractivity contribution >= 4 is 5.78 Å². The first kappa shape index (κ1) is 6.59. The minimum atomic E-state index is 0.352. The number of rotatable bonds is 0. The molecule has 0 saturated carbocycles. The number of Topliss-reactive ketones (excluding diaryl/α,β-unsaturated/α-hetero) is 1. The van der Waals surface area contributed by atoms with Gasteiger partial charge in [0.25, 0.3) is 0 Å². The summed E-state index contributed by atoms with van der Waals surface area (Å²) >= 11 is 0. The van der Waals surface area contributed by atoms with Crippen LogP contribution >= 0.6 is 0 Å². The Morgan fingerprint density at radius 3 is 2.73 bits per heavy atom. The largest absolute Gasteiger partial charge is 0.299 e. The highest BCUT2D eigenvalue weighted by Gasteiger charge is 2.17. The van der Waals surface area contributed by atoms with Crippen LogP contribution in [0.3, 0.4) is 0 Å². The molecular formula is C10H10O. The molecule has 1 nitrogen and oxygen atoms in total. The van der Waals surface area contributed by atoms with Gasteiger partial charge in [-0.05, 0) is 18.1 Å². The Bertz CT molecular complexity index is 313. The van der Waals surface area contributed by atoms with E-state index in [2.05, 4.69) is 25.1 Å². The summed E-state index contributed by atoms with van der Waals surface area (Å²) in [6.07, 6.45) is 1.30. The van der Waals surface area contributed by atoms with Crippen LogP contribution in [0.5, 0.6) is 0 Å². The van der Waals surface area contributed by atoms with Gasteiger partial charge in [0, 0.05) is 12.8 Å². The van der Waals surface area contributed by atoms with Crippen molar-refractivity contribution in [3.05, 3.63) is 34.9 Å². The van der Waals surface area contributed by atoms with Crippen molar-refractivity contribution < 1.29 is 4.79 Å². The van der Waals surface area contributed by atoms with E-state index in [4.69, 9.17) is 0 Å². The molecule has 1 aliphatic carbocycles. The summed E-state index contributed by atoms with van der Waals surface area (Å²) in [5.74, 6) is 0.352. The maximum atomic E-state index is 11.0. The third-order valence-electron chi connectivity index (χ3n) is 2.14. The summed E-state index contributed by atoms with van der Waals surface area (Å²) < 4.78 is 0. The van der Waals surface area contributed by atoms with Gasteiger partial charge in [-0.3, -0.25) is 4.79 Å². The van der Waals surface area contributed by atoms with Crippen LogP contribution in [0.2, 0.25) is 0 Å². The van der Waals surface area contributed by atoms with Crippen molar-refractivity contribution in [2.75, 3.05) is 0 Å². The predicted octanol–water partition coefficient (Wildman–Crippen LogP) is 1.66. The molecule has 0 bridgehead atoms. The zero-order valence-electron chi connectivity index (χ0n) is 6.55. The molecule has 2 rings (SSSR count). The van der Waals surface area contributed by atoms with E-state index in [1.165, 1.54) is 16.7 Å². The van der Waals surface area contributed by atoms with Crippen molar-refractivity contribution in [1.29, 1.82) is 0 Å². The number of carbonyl (C=O) groups is 1. The summed E-state index contributed by atoms with van der Waals surface area (Å²) in [7, 11) is 0. The summed E-state index contributed by atoms with van der Waals surface area (Å²) in [6, 6.07) is 6.24. The molecule has 0 N–H and O–H groups in total. The molecule has 0 spiro atoms. The lowest BCUT2D eigenvalue weighted by molar-refractivity contribution is -0.117. The minimum Gasteiger partial charge on any atom is -0.299 e. The first-order valence-electron chi connectivity index (χ1n) is 3.86. The quantitative estimate of drug-likeness (QED) is 0.544. The molecule has 0 unspecified atom stereocenters. The van der Waals surface area contributed by atoms with E-state index >= 15 is 0 Å². The Balaban J connectivity index is 2.51. The van der Waals surface area contributed by atoms with Gasteiger partial charge in [0.15, 0.2) is 0 Å². The second kappa shape index (κ2) is 2.19. The number of hydrogen-bond donors (Lipinski definition) is 0. The average molecular weight is 146 g/mol. The summed E-state index contributed by atoms with van der Waals surface area (Å²) in [5.41, 5.74) is 3.70. The summed E-state index contributed by atoms with van der Waals surface area (Å²) in [4.78, 5) is 11.0. The van der Waals surface area contributed by atoms with Crippen LogP contribution in [0.4, 0.5) is 0 Å². The number of carbonyl (C=O) groups excluding carboxylic acids is 1. The van der Waals surface area contributed by atoms with Gasteiger partial charge in [-0.15, -0.1) is 0 Å². The highest BCUT2D eigenvalue weighted by atomic mass is 16.1. The van der Waals surface area contributed by atoms with Crippen LogP contribution in [-0.2, 0) is 17.6 Å². The third-order valence-corrected chi connectivity index (χ3v) is 2.14. The molecule has 0 aromatic heterocycles. The molecule has 11 heavy (non-hydrogen) atoms. The number of fused-ring (bicyclic) bond motifs is 1. The molecule has 1 aromatic carbocycles. The van der Waals surface area contributed by atoms with Gasteiger partial charge in [0.2, 0.25) is 0 Å². The Labute approximate surface area is 66.0 Å². The predicted molar refractivity (Wildman–Crippen MR) is 43.6 cm³/mol. The van der Waals surface area contributed by atoms with E-state index in [1.807, 2.05) is 0 Å². The molecule has 1 aromatic rings. The van der Waals surface area contributed by atoms with E-state index < -0.39 is 0 Å². The highest BCUT2D eigenvalue weighted by molar-refractivity contribution is 5.87. The number of hydrogen-bond acceptors (Lipinski definition) is 1. The average Bonchev–Trinajstić information content (AvgIpc) is 2.27. The van der Waals surface area contributed by atoms with Gasteiger partial charge in [-0.25, -0.2) is 0 Å². The standard InChI is InChI=1S/C10H10O/c1-7-2-3-8-5-10(11)6-9(8)4-7/h2-4H,5-6H2,1H3. The smallest absolute Gasteiger partial charge is 0.141 e. The fraction of sp³-hybridized carbons (Fsp3) is 0.300. The molecule has 0 heterocycles. The number of benzene rings is 1. The van der Waals surface area contributed by atoms with Crippen molar-refractivity contribution in [3.63, 3.8) is 0 Å². The highest BCUT2D eigenvalue weighted by Crippen LogP contribution is 2.20. The monoisotopic (exact) mass is 146 g/mol. The number of ketones is 1. The molecule has 0 amide bonds. The second-order valence-corrected chi connectivity index (χ2v) is 3.16. The Morgan fingerprint density at radius 2 is 1.91 bits per heavy atom. The molecule has 56 valence electrons. The molecule has 1 heteroatoms. The van der Waals surface area contributed by atoms with Crippen LogP contribution in [0.15, 0.2) is 18.2 Å². The molecular weight excluding hydrogens is 136 g/mol. The fourth-order valence-corrected chi connectivity index (χ4v) is 1.58. The Morgan fingerprint density at radius 1 is 1.18 bits per heavy atom. The normalized spacial score (nSPS) is 15.2. The van der Waals surface area contributed by atoms with Crippen LogP contribution in [0.1, 0.15) is 16.7 Å². The maximum absolute atomic E-state index is 11.0. The van der Waals surface area contributed by atoms with Crippen LogP contribution in [0.25, 0.3) is 0 Å². The summed E-state index contributed by atoms with van der Waals surface area (Å²) in [5, 5.41) is 0. The SMILES string of the molecule is Cc1ccc2c(c1)CC(=O)C2. The van der Waals surface area contributed by atoms with Crippen molar-refractivity contribution in [2.24, 2.45) is 0 Å². The van der Waals surface area contributed by atoms with Crippen molar-refractivity contribution in [2.45, 2.75) is 19.8 Å². The van der Waals surface area contributed by atoms with E-state index in [1.54, 1.807) is 0 Å². The van der Waals surface area contributed by atoms with Gasteiger partial charge in [-0.2, -0.15) is 0 Å². The minimum absolute atomic E-state index is 0.352. The molecule has 0 fully saturated rings. The zero-order chi connectivity index (χ0) is 7.84. The Hall–Kier alpha value is -1.11. The number of aryl methyl sites for hydroxylation is 1. The lowest BCUT2D eigenvalue weighted by atomic mass is 10.1. The second-order valence-electron chi connectivity index (χ2n) is 3.16. The molecule has 1 aliphatic rings. The molecule has 0 radical (unpaired) electrons. The van der Waals surface area contributed by atoms with Gasteiger partial charge in [-0.1, -0.05) is 23.8 Å². The maximum Gasteiger partial charge on any atom is 0.141 e. The van der Waals surface area contributed by atoms with E-state index in [9.17, 15) is 4.79 Å². The summed E-state index contributed by atoms with van der Waals surface area (Å²) in [6.45, 7) is 2.06. The molecule has 0 aliphatic heterocycles.